The van der Waals surface area contributed by atoms with Crippen molar-refractivity contribution in [3.63, 3.8) is 0 Å². The lowest BCUT2D eigenvalue weighted by Gasteiger charge is -2.07. The van der Waals surface area contributed by atoms with Crippen molar-refractivity contribution in [2.45, 2.75) is 77.0 Å². The Morgan fingerprint density at radius 2 is 0.806 bits per heavy atom. The van der Waals surface area contributed by atoms with Crippen molar-refractivity contribution >= 4 is 33.2 Å². The number of unbranched alkanes of at least 4 members (excludes halogenated alkanes) is 9. The highest BCUT2D eigenvalue weighted by Crippen LogP contribution is 2.22. The molecule has 8 N–H and O–H groups in total. The summed E-state index contributed by atoms with van der Waals surface area (Å²) in [6.45, 7) is 0. The number of pyridine rings is 2. The number of rotatable bonds is 13. The SMILES string of the molecule is Nc1cc(CCCCCCCCCCCCc2cc(N)c3ccccc3n2)nc2ccccc12.O.O. The molecule has 2 heterocycles. The molecule has 4 aromatic rings. The molecule has 0 saturated heterocycles. The molecular formula is C30H42N4O2. The van der Waals surface area contributed by atoms with Crippen molar-refractivity contribution in [2.75, 3.05) is 11.5 Å². The predicted molar refractivity (Wildman–Crippen MR) is 153 cm³/mol. The molecule has 0 bridgehead atoms. The van der Waals surface area contributed by atoms with Crippen LogP contribution in [0.3, 0.4) is 0 Å². The van der Waals surface area contributed by atoms with Gasteiger partial charge in [-0.25, -0.2) is 0 Å². The van der Waals surface area contributed by atoms with Crippen molar-refractivity contribution < 1.29 is 11.0 Å². The van der Waals surface area contributed by atoms with Gasteiger partial charge in [-0.1, -0.05) is 87.8 Å². The number of para-hydroxylation sites is 2. The van der Waals surface area contributed by atoms with Crippen molar-refractivity contribution in [1.82, 2.24) is 9.97 Å². The zero-order valence-electron chi connectivity index (χ0n) is 21.3. The molecule has 0 aliphatic heterocycles. The van der Waals surface area contributed by atoms with Gasteiger partial charge in [0, 0.05) is 33.5 Å². The number of benzene rings is 2. The number of nitrogens with two attached hydrogens (primary N) is 2. The van der Waals surface area contributed by atoms with Crippen LogP contribution < -0.4 is 11.5 Å². The second kappa shape index (κ2) is 15.0. The monoisotopic (exact) mass is 490 g/mol. The fourth-order valence-corrected chi connectivity index (χ4v) is 4.80. The summed E-state index contributed by atoms with van der Waals surface area (Å²) in [5.74, 6) is 0. The molecule has 2 aromatic carbocycles. The molecule has 0 saturated carbocycles. The lowest BCUT2D eigenvalue weighted by molar-refractivity contribution is 0.550. The van der Waals surface area contributed by atoms with Crippen LogP contribution in [-0.2, 0) is 12.8 Å². The van der Waals surface area contributed by atoms with Gasteiger partial charge < -0.3 is 22.4 Å². The fourth-order valence-electron chi connectivity index (χ4n) is 4.80. The number of hydrogen-bond acceptors (Lipinski definition) is 4. The van der Waals surface area contributed by atoms with Crippen LogP contribution in [0.25, 0.3) is 21.8 Å². The summed E-state index contributed by atoms with van der Waals surface area (Å²) in [5, 5.41) is 2.11. The van der Waals surface area contributed by atoms with Crippen LogP contribution in [0, 0.1) is 0 Å². The Bertz CT molecular complexity index is 1120. The number of hydrogen-bond donors (Lipinski definition) is 2. The molecular weight excluding hydrogens is 448 g/mol. The van der Waals surface area contributed by atoms with Gasteiger partial charge in [-0.2, -0.15) is 0 Å². The average Bonchev–Trinajstić information content (AvgIpc) is 2.85. The maximum Gasteiger partial charge on any atom is 0.0725 e. The summed E-state index contributed by atoms with van der Waals surface area (Å²) in [6.07, 6.45) is 15.0. The lowest BCUT2D eigenvalue weighted by Crippen LogP contribution is -1.96. The minimum atomic E-state index is 0. The molecule has 36 heavy (non-hydrogen) atoms. The van der Waals surface area contributed by atoms with E-state index in [-0.39, 0.29) is 11.0 Å². The van der Waals surface area contributed by atoms with E-state index in [1.165, 1.54) is 64.2 Å². The molecule has 4 rings (SSSR count). The summed E-state index contributed by atoms with van der Waals surface area (Å²) in [7, 11) is 0. The molecule has 6 nitrogen and oxygen atoms in total. The molecule has 0 aliphatic rings. The Balaban J connectivity index is 0.00000228. The highest BCUT2D eigenvalue weighted by molar-refractivity contribution is 5.90. The number of fused-ring (bicyclic) bond motifs is 2. The molecule has 0 amide bonds. The van der Waals surface area contributed by atoms with Crippen LogP contribution in [0.4, 0.5) is 11.4 Å². The van der Waals surface area contributed by atoms with Gasteiger partial charge in [0.15, 0.2) is 0 Å². The van der Waals surface area contributed by atoms with Gasteiger partial charge in [0.2, 0.25) is 0 Å². The summed E-state index contributed by atoms with van der Waals surface area (Å²) in [6, 6.07) is 20.4. The van der Waals surface area contributed by atoms with Crippen molar-refractivity contribution in [3.05, 3.63) is 72.1 Å². The Labute approximate surface area is 214 Å². The topological polar surface area (TPSA) is 141 Å². The van der Waals surface area contributed by atoms with Crippen LogP contribution in [0.5, 0.6) is 0 Å². The number of aromatic nitrogens is 2. The minimum absolute atomic E-state index is 0. The summed E-state index contributed by atoms with van der Waals surface area (Å²) < 4.78 is 0. The average molecular weight is 491 g/mol. The Morgan fingerprint density at radius 1 is 0.472 bits per heavy atom. The van der Waals surface area contributed by atoms with E-state index >= 15 is 0 Å². The minimum Gasteiger partial charge on any atom is -0.412 e. The van der Waals surface area contributed by atoms with Crippen LogP contribution in [0.2, 0.25) is 0 Å². The first-order chi connectivity index (χ1) is 16.7. The summed E-state index contributed by atoms with van der Waals surface area (Å²) in [5.41, 5.74) is 18.3. The summed E-state index contributed by atoms with van der Waals surface area (Å²) >= 11 is 0. The quantitative estimate of drug-likeness (QED) is 0.222. The summed E-state index contributed by atoms with van der Waals surface area (Å²) in [4.78, 5) is 9.53. The maximum atomic E-state index is 6.19. The molecule has 194 valence electrons. The lowest BCUT2D eigenvalue weighted by atomic mass is 10.0. The number of nitrogens with zero attached hydrogens (tertiary/aromatic N) is 2. The smallest absolute Gasteiger partial charge is 0.0725 e. The maximum absolute atomic E-state index is 6.19. The van der Waals surface area contributed by atoms with E-state index in [2.05, 4.69) is 0 Å². The third kappa shape index (κ3) is 8.18. The Hall–Kier alpha value is -3.22. The zero-order valence-corrected chi connectivity index (χ0v) is 21.3. The van der Waals surface area contributed by atoms with Gasteiger partial charge in [-0.15, -0.1) is 0 Å². The van der Waals surface area contributed by atoms with E-state index in [1.807, 2.05) is 60.7 Å². The molecule has 0 atom stereocenters. The van der Waals surface area contributed by atoms with Crippen LogP contribution >= 0.6 is 0 Å². The van der Waals surface area contributed by atoms with E-state index in [9.17, 15) is 0 Å². The van der Waals surface area contributed by atoms with E-state index in [0.29, 0.717) is 0 Å². The first kappa shape index (κ1) is 29.0. The standard InChI is InChI=1S/C30H38N4.2H2O/c31-27-21-23(33-29-19-13-11-17-25(27)29)15-9-7-5-3-1-2-4-6-8-10-16-24-22-28(32)26-18-12-14-20-30(26)34-24;;/h11-14,17-22H,1-10,15-16H2,(H2,31,33)(H2,32,34);2*1H2. The molecule has 0 spiro atoms. The first-order valence-corrected chi connectivity index (χ1v) is 13.0. The van der Waals surface area contributed by atoms with Crippen LogP contribution in [0.1, 0.15) is 75.6 Å². The molecule has 0 radical (unpaired) electrons. The van der Waals surface area contributed by atoms with Crippen molar-refractivity contribution in [3.8, 4) is 0 Å². The largest absolute Gasteiger partial charge is 0.412 e. The van der Waals surface area contributed by atoms with Crippen LogP contribution in [0.15, 0.2) is 60.7 Å². The number of anilines is 2. The second-order valence-electron chi connectivity index (χ2n) is 9.48. The Kier molecular flexibility index (Phi) is 12.1. The van der Waals surface area contributed by atoms with Crippen LogP contribution in [-0.4, -0.2) is 20.9 Å². The van der Waals surface area contributed by atoms with Gasteiger partial charge in [-0.3, -0.25) is 9.97 Å². The van der Waals surface area contributed by atoms with Gasteiger partial charge in [0.1, 0.15) is 0 Å². The highest BCUT2D eigenvalue weighted by atomic mass is 16.0. The predicted octanol–water partition coefficient (Wildman–Crippen LogP) is 5.98. The number of nitrogen functional groups attached to an aromatic ring is 2. The van der Waals surface area contributed by atoms with E-state index in [1.54, 1.807) is 0 Å². The molecule has 0 aliphatic carbocycles. The van der Waals surface area contributed by atoms with Gasteiger partial charge in [0.05, 0.1) is 11.0 Å². The number of aryl methyl sites for hydroxylation is 2. The third-order valence-electron chi connectivity index (χ3n) is 6.72. The van der Waals surface area contributed by atoms with Gasteiger partial charge in [0.25, 0.3) is 0 Å². The fraction of sp³-hybridized carbons (Fsp3) is 0.400. The van der Waals surface area contributed by atoms with E-state index in [0.717, 1.165) is 57.4 Å². The Morgan fingerprint density at radius 3 is 1.19 bits per heavy atom. The van der Waals surface area contributed by atoms with Crippen molar-refractivity contribution in [2.24, 2.45) is 0 Å². The third-order valence-corrected chi connectivity index (χ3v) is 6.72. The highest BCUT2D eigenvalue weighted by Gasteiger charge is 2.04. The molecule has 0 unspecified atom stereocenters. The molecule has 2 aromatic heterocycles. The van der Waals surface area contributed by atoms with Gasteiger partial charge >= 0.3 is 0 Å². The first-order valence-electron chi connectivity index (χ1n) is 13.0. The second-order valence-corrected chi connectivity index (χ2v) is 9.48. The zero-order chi connectivity index (χ0) is 23.6. The van der Waals surface area contributed by atoms with E-state index < -0.39 is 0 Å². The molecule has 0 fully saturated rings. The van der Waals surface area contributed by atoms with Crippen molar-refractivity contribution in [1.29, 1.82) is 0 Å². The molecule has 6 heteroatoms. The normalized spacial score (nSPS) is 10.8. The van der Waals surface area contributed by atoms with Gasteiger partial charge in [-0.05, 0) is 49.9 Å². The van der Waals surface area contributed by atoms with E-state index in [4.69, 9.17) is 21.4 Å².